The third-order valence-electron chi connectivity index (χ3n) is 3.87. The quantitative estimate of drug-likeness (QED) is 0.785. The first-order valence-corrected chi connectivity index (χ1v) is 7.66. The van der Waals surface area contributed by atoms with E-state index in [-0.39, 0.29) is 11.5 Å². The lowest BCUT2D eigenvalue weighted by Gasteiger charge is -2.06. The van der Waals surface area contributed by atoms with Crippen LogP contribution in [-0.4, -0.2) is 21.5 Å². The molecule has 0 unspecified atom stereocenters. The Morgan fingerprint density at radius 2 is 2.00 bits per heavy atom. The number of hydrogen-bond acceptors (Lipinski definition) is 3. The molecule has 116 valence electrons. The Hall–Kier alpha value is -2.37. The summed E-state index contributed by atoms with van der Waals surface area (Å²) < 4.78 is 1.21. The second-order valence-electron chi connectivity index (χ2n) is 5.73. The topological polar surface area (TPSA) is 84.0 Å². The molecule has 0 aliphatic heterocycles. The molecular weight excluding hydrogens is 282 g/mol. The third kappa shape index (κ3) is 3.27. The second kappa shape index (κ2) is 6.17. The maximum atomic E-state index is 12.3. The predicted molar refractivity (Wildman–Crippen MR) is 83.8 cm³/mol. The van der Waals surface area contributed by atoms with E-state index >= 15 is 0 Å². The van der Waals surface area contributed by atoms with E-state index in [1.165, 1.54) is 4.57 Å². The number of unbranched alkanes of at least 4 members (excludes halogenated alkanes) is 1. The highest BCUT2D eigenvalue weighted by molar-refractivity contribution is 5.77. The number of fused-ring (bicyclic) bond motifs is 1. The zero-order chi connectivity index (χ0) is 15.5. The highest BCUT2D eigenvalue weighted by Crippen LogP contribution is 2.18. The molecule has 6 nitrogen and oxygen atoms in total. The van der Waals surface area contributed by atoms with Gasteiger partial charge in [0.05, 0.1) is 10.9 Å². The normalized spacial score (nSPS) is 14.2. The van der Waals surface area contributed by atoms with Gasteiger partial charge in [0, 0.05) is 19.0 Å². The van der Waals surface area contributed by atoms with Crippen LogP contribution in [0.3, 0.4) is 0 Å². The molecule has 1 saturated carbocycles. The van der Waals surface area contributed by atoms with Crippen LogP contribution in [0.15, 0.2) is 33.9 Å². The number of aromatic nitrogens is 2. The van der Waals surface area contributed by atoms with Gasteiger partial charge >= 0.3 is 5.69 Å². The highest BCUT2D eigenvalue weighted by atomic mass is 16.2. The maximum absolute atomic E-state index is 12.3. The van der Waals surface area contributed by atoms with Crippen LogP contribution in [0.2, 0.25) is 0 Å². The van der Waals surface area contributed by atoms with E-state index < -0.39 is 5.69 Å². The number of rotatable bonds is 6. The number of benzene rings is 1. The van der Waals surface area contributed by atoms with E-state index in [0.717, 1.165) is 12.8 Å². The van der Waals surface area contributed by atoms with Crippen molar-refractivity contribution in [2.24, 2.45) is 0 Å². The third-order valence-corrected chi connectivity index (χ3v) is 3.87. The molecule has 22 heavy (non-hydrogen) atoms. The Balaban J connectivity index is 1.62. The minimum atomic E-state index is -0.397. The molecule has 1 amide bonds. The molecule has 0 radical (unpaired) electrons. The molecule has 1 heterocycles. The van der Waals surface area contributed by atoms with E-state index in [9.17, 15) is 14.4 Å². The molecule has 3 rings (SSSR count). The molecule has 0 atom stereocenters. The molecule has 6 heteroatoms. The average Bonchev–Trinajstić information content (AvgIpc) is 3.30. The minimum absolute atomic E-state index is 0.0577. The Morgan fingerprint density at radius 1 is 1.23 bits per heavy atom. The van der Waals surface area contributed by atoms with Crippen molar-refractivity contribution < 1.29 is 4.79 Å². The first-order chi connectivity index (χ1) is 10.6. The number of aromatic amines is 1. The van der Waals surface area contributed by atoms with Crippen LogP contribution in [0.1, 0.15) is 32.1 Å². The number of para-hydroxylation sites is 1. The van der Waals surface area contributed by atoms with Crippen LogP contribution in [0.4, 0.5) is 0 Å². The standard InChI is InChI=1S/C16H19N3O3/c20-14(17-11-8-9-11)7-3-4-10-19-15(21)12-5-1-2-6-13(12)18-16(19)22/h1-2,5-6,11H,3-4,7-10H2,(H,17,20)(H,18,22). The molecule has 1 fully saturated rings. The molecule has 1 aliphatic carbocycles. The van der Waals surface area contributed by atoms with E-state index in [0.29, 0.717) is 42.8 Å². The summed E-state index contributed by atoms with van der Waals surface area (Å²) in [5, 5.41) is 3.43. The van der Waals surface area contributed by atoms with Gasteiger partial charge in [0.15, 0.2) is 0 Å². The number of H-pyrrole nitrogens is 1. The molecule has 0 bridgehead atoms. The number of amides is 1. The molecule has 2 aromatic rings. The van der Waals surface area contributed by atoms with E-state index in [1.54, 1.807) is 24.3 Å². The Kier molecular flexibility index (Phi) is 4.09. The van der Waals surface area contributed by atoms with Crippen LogP contribution in [0, 0.1) is 0 Å². The zero-order valence-electron chi connectivity index (χ0n) is 12.3. The monoisotopic (exact) mass is 301 g/mol. The Labute approximate surface area is 127 Å². The molecular formula is C16H19N3O3. The van der Waals surface area contributed by atoms with E-state index in [1.807, 2.05) is 0 Å². The van der Waals surface area contributed by atoms with Gasteiger partial charge in [-0.15, -0.1) is 0 Å². The minimum Gasteiger partial charge on any atom is -0.353 e. The average molecular weight is 301 g/mol. The highest BCUT2D eigenvalue weighted by Gasteiger charge is 2.22. The van der Waals surface area contributed by atoms with Crippen LogP contribution >= 0.6 is 0 Å². The van der Waals surface area contributed by atoms with Crippen molar-refractivity contribution in [3.05, 3.63) is 45.1 Å². The fraction of sp³-hybridized carbons (Fsp3) is 0.438. The second-order valence-corrected chi connectivity index (χ2v) is 5.73. The number of carbonyl (C=O) groups is 1. The first kappa shape index (κ1) is 14.6. The summed E-state index contributed by atoms with van der Waals surface area (Å²) in [6.07, 6.45) is 3.88. The van der Waals surface area contributed by atoms with Gasteiger partial charge in [-0.3, -0.25) is 14.2 Å². The van der Waals surface area contributed by atoms with Crippen molar-refractivity contribution in [1.29, 1.82) is 0 Å². The molecule has 0 spiro atoms. The fourth-order valence-corrected chi connectivity index (χ4v) is 2.48. The van der Waals surface area contributed by atoms with Crippen molar-refractivity contribution in [3.63, 3.8) is 0 Å². The van der Waals surface area contributed by atoms with Crippen LogP contribution in [0.5, 0.6) is 0 Å². The van der Waals surface area contributed by atoms with Gasteiger partial charge in [-0.1, -0.05) is 12.1 Å². The molecule has 0 saturated heterocycles. The molecule has 2 N–H and O–H groups in total. The van der Waals surface area contributed by atoms with Crippen LogP contribution in [0.25, 0.3) is 10.9 Å². The summed E-state index contributed by atoms with van der Waals surface area (Å²) in [5.74, 6) is 0.0577. The smallest absolute Gasteiger partial charge is 0.328 e. The summed E-state index contributed by atoms with van der Waals surface area (Å²) in [6.45, 7) is 0.329. The summed E-state index contributed by atoms with van der Waals surface area (Å²) >= 11 is 0. The van der Waals surface area contributed by atoms with Gasteiger partial charge in [0.2, 0.25) is 5.91 Å². The summed E-state index contributed by atoms with van der Waals surface area (Å²) in [6, 6.07) is 7.34. The lowest BCUT2D eigenvalue weighted by Crippen LogP contribution is -2.35. The van der Waals surface area contributed by atoms with Crippen LogP contribution in [-0.2, 0) is 11.3 Å². The molecule has 1 aliphatic rings. The summed E-state index contributed by atoms with van der Waals surface area (Å²) in [5.41, 5.74) is -0.120. The van der Waals surface area contributed by atoms with Gasteiger partial charge in [0.25, 0.3) is 5.56 Å². The Morgan fingerprint density at radius 3 is 2.77 bits per heavy atom. The summed E-state index contributed by atoms with van der Waals surface area (Å²) in [7, 11) is 0. The SMILES string of the molecule is O=C(CCCCn1c(=O)[nH]c2ccccc2c1=O)NC1CC1. The van der Waals surface area contributed by atoms with Gasteiger partial charge in [0.1, 0.15) is 0 Å². The first-order valence-electron chi connectivity index (χ1n) is 7.66. The van der Waals surface area contributed by atoms with E-state index in [2.05, 4.69) is 10.3 Å². The lowest BCUT2D eigenvalue weighted by molar-refractivity contribution is -0.121. The number of nitrogens with zero attached hydrogens (tertiary/aromatic N) is 1. The van der Waals surface area contributed by atoms with Crippen molar-refractivity contribution in [1.82, 2.24) is 14.9 Å². The maximum Gasteiger partial charge on any atom is 0.328 e. The van der Waals surface area contributed by atoms with Gasteiger partial charge < -0.3 is 10.3 Å². The zero-order valence-corrected chi connectivity index (χ0v) is 12.3. The number of carbonyl (C=O) groups excluding carboxylic acids is 1. The van der Waals surface area contributed by atoms with Gasteiger partial charge in [-0.05, 0) is 37.8 Å². The fourth-order valence-electron chi connectivity index (χ4n) is 2.48. The van der Waals surface area contributed by atoms with Gasteiger partial charge in [-0.25, -0.2) is 4.79 Å². The Bertz CT molecular complexity index is 802. The summed E-state index contributed by atoms with van der Waals surface area (Å²) in [4.78, 5) is 38.5. The number of hydrogen-bond donors (Lipinski definition) is 2. The van der Waals surface area contributed by atoms with Crippen molar-refractivity contribution in [2.75, 3.05) is 0 Å². The largest absolute Gasteiger partial charge is 0.353 e. The van der Waals surface area contributed by atoms with Crippen molar-refractivity contribution in [3.8, 4) is 0 Å². The van der Waals surface area contributed by atoms with Crippen molar-refractivity contribution >= 4 is 16.8 Å². The molecule has 1 aromatic heterocycles. The van der Waals surface area contributed by atoms with Crippen LogP contribution < -0.4 is 16.6 Å². The molecule has 1 aromatic carbocycles. The van der Waals surface area contributed by atoms with Gasteiger partial charge in [-0.2, -0.15) is 0 Å². The van der Waals surface area contributed by atoms with Crippen molar-refractivity contribution in [2.45, 2.75) is 44.7 Å². The predicted octanol–water partition coefficient (Wildman–Crippen LogP) is 1.14. The lowest BCUT2D eigenvalue weighted by atomic mass is 10.2. The number of nitrogens with one attached hydrogen (secondary N) is 2. The van der Waals surface area contributed by atoms with E-state index in [4.69, 9.17) is 0 Å².